The first kappa shape index (κ1) is 28.7. The summed E-state index contributed by atoms with van der Waals surface area (Å²) < 4.78 is 16.2. The monoisotopic (exact) mass is 580 g/mol. The Morgan fingerprint density at radius 1 is 0.786 bits per heavy atom. The molecule has 1 aromatic heterocycles. The van der Waals surface area contributed by atoms with Crippen LogP contribution in [0.4, 0.5) is 5.13 Å². The summed E-state index contributed by atoms with van der Waals surface area (Å²) >= 11 is 1.54. The van der Waals surface area contributed by atoms with Crippen LogP contribution < -0.4 is 19.1 Å². The number of methoxy groups -OCH3 is 3. The van der Waals surface area contributed by atoms with Crippen molar-refractivity contribution in [2.45, 2.75) is 13.0 Å². The second kappa shape index (κ2) is 13.2. The number of rotatable bonds is 12. The van der Waals surface area contributed by atoms with Crippen molar-refractivity contribution in [1.82, 2.24) is 4.98 Å². The molecule has 0 aliphatic heterocycles. The molecule has 5 aromatic rings. The fraction of sp³-hybridized carbons (Fsp3) is 0.176. The van der Waals surface area contributed by atoms with Gasteiger partial charge in [-0.1, -0.05) is 35.6 Å². The number of phenols is 1. The lowest BCUT2D eigenvalue weighted by atomic mass is 10.0. The van der Waals surface area contributed by atoms with Crippen molar-refractivity contribution >= 4 is 22.8 Å². The Balaban J connectivity index is 1.60. The van der Waals surface area contributed by atoms with Crippen LogP contribution in [0.15, 0.2) is 91.0 Å². The van der Waals surface area contributed by atoms with Gasteiger partial charge in [-0.05, 0) is 84.3 Å². The summed E-state index contributed by atoms with van der Waals surface area (Å²) in [5.41, 5.74) is 5.22. The van der Waals surface area contributed by atoms with Gasteiger partial charge in [-0.3, -0.25) is 4.79 Å². The molecule has 0 aliphatic carbocycles. The fourth-order valence-electron chi connectivity index (χ4n) is 4.65. The minimum absolute atomic E-state index is 0.223. The van der Waals surface area contributed by atoms with Crippen LogP contribution in [0, 0.1) is 0 Å². The average Bonchev–Trinajstić information content (AvgIpc) is 3.49. The van der Waals surface area contributed by atoms with Gasteiger partial charge in [-0.2, -0.15) is 0 Å². The third-order valence-corrected chi connectivity index (χ3v) is 8.17. The minimum Gasteiger partial charge on any atom is -0.508 e. The van der Waals surface area contributed by atoms with E-state index in [9.17, 15) is 9.90 Å². The minimum atomic E-state index is 0.223. The molecule has 0 radical (unpaired) electrons. The number of hydrogen-bond donors (Lipinski definition) is 1. The highest BCUT2D eigenvalue weighted by Gasteiger charge is 2.22. The van der Waals surface area contributed by atoms with E-state index in [1.54, 1.807) is 45.6 Å². The van der Waals surface area contributed by atoms with Gasteiger partial charge in [0, 0.05) is 29.8 Å². The number of aromatic hydroxyl groups is 1. The molecule has 42 heavy (non-hydrogen) atoms. The number of anilines is 1. The van der Waals surface area contributed by atoms with Crippen molar-refractivity contribution in [3.8, 4) is 44.7 Å². The van der Waals surface area contributed by atoms with Gasteiger partial charge in [0.25, 0.3) is 0 Å². The smallest absolute Gasteiger partial charge is 0.186 e. The Hall–Kier alpha value is -4.82. The van der Waals surface area contributed by atoms with E-state index in [1.807, 2.05) is 54.6 Å². The first-order valence-electron chi connectivity index (χ1n) is 13.5. The zero-order valence-electron chi connectivity index (χ0n) is 23.7. The molecule has 0 unspecified atom stereocenters. The van der Waals surface area contributed by atoms with Crippen molar-refractivity contribution in [2.24, 2.45) is 0 Å². The molecule has 0 aliphatic rings. The number of hydrogen-bond acceptors (Lipinski definition) is 8. The predicted molar refractivity (Wildman–Crippen MR) is 167 cm³/mol. The lowest BCUT2D eigenvalue weighted by Crippen LogP contribution is -2.25. The maximum absolute atomic E-state index is 12.1. The second-order valence-electron chi connectivity index (χ2n) is 9.66. The van der Waals surface area contributed by atoms with E-state index in [1.165, 1.54) is 16.9 Å². The van der Waals surface area contributed by atoms with Gasteiger partial charge in [-0.25, -0.2) is 4.98 Å². The van der Waals surface area contributed by atoms with Crippen LogP contribution in [0.25, 0.3) is 21.7 Å². The molecule has 0 saturated carbocycles. The summed E-state index contributed by atoms with van der Waals surface area (Å²) in [6.07, 6.45) is 1.65. The highest BCUT2D eigenvalue weighted by molar-refractivity contribution is 7.19. The number of aromatic nitrogens is 1. The van der Waals surface area contributed by atoms with E-state index in [-0.39, 0.29) is 5.75 Å². The quantitative estimate of drug-likeness (QED) is 0.155. The van der Waals surface area contributed by atoms with Crippen molar-refractivity contribution in [3.63, 3.8) is 0 Å². The standard InChI is InChI=1S/C34H32N2O5S/c1-39-28-13-6-23(7-14-28)18-19-36(21-24-4-11-27(38)12-5-24)34-35-32(25-8-15-29(40-2)16-9-25)33(42-34)31-20-30(41-3)17-10-26(31)22-37/h4-17,20,22,38H,18-19,21H2,1-3H3. The van der Waals surface area contributed by atoms with E-state index >= 15 is 0 Å². The molecule has 0 spiro atoms. The van der Waals surface area contributed by atoms with Gasteiger partial charge in [0.15, 0.2) is 11.4 Å². The maximum atomic E-state index is 12.1. The Morgan fingerprint density at radius 2 is 1.38 bits per heavy atom. The van der Waals surface area contributed by atoms with Gasteiger partial charge in [-0.15, -0.1) is 0 Å². The molecule has 5 rings (SSSR count). The van der Waals surface area contributed by atoms with Gasteiger partial charge in [0.05, 0.1) is 31.9 Å². The van der Waals surface area contributed by atoms with E-state index in [0.717, 1.165) is 56.6 Å². The molecule has 7 nitrogen and oxygen atoms in total. The van der Waals surface area contributed by atoms with Crippen LogP contribution in [0.3, 0.4) is 0 Å². The molecule has 1 N–H and O–H groups in total. The Kier molecular flexibility index (Phi) is 9.04. The fourth-order valence-corrected chi connectivity index (χ4v) is 5.80. The molecule has 214 valence electrons. The summed E-state index contributed by atoms with van der Waals surface area (Å²) in [5, 5.41) is 10.7. The molecule has 0 bridgehead atoms. The maximum Gasteiger partial charge on any atom is 0.186 e. The lowest BCUT2D eigenvalue weighted by molar-refractivity contribution is 0.112. The van der Waals surface area contributed by atoms with Crippen LogP contribution in [0.5, 0.6) is 23.0 Å². The van der Waals surface area contributed by atoms with Crippen LogP contribution >= 0.6 is 11.3 Å². The summed E-state index contributed by atoms with van der Waals surface area (Å²) in [5.74, 6) is 2.45. The first-order chi connectivity index (χ1) is 20.5. The average molecular weight is 581 g/mol. The molecule has 1 heterocycles. The molecule has 8 heteroatoms. The third-order valence-electron chi connectivity index (χ3n) is 7.02. The zero-order valence-corrected chi connectivity index (χ0v) is 24.6. The summed E-state index contributed by atoms with van der Waals surface area (Å²) in [7, 11) is 4.91. The van der Waals surface area contributed by atoms with Crippen LogP contribution in [-0.2, 0) is 13.0 Å². The molecular weight excluding hydrogens is 548 g/mol. The molecule has 4 aromatic carbocycles. The number of ether oxygens (including phenoxy) is 3. The van der Waals surface area contributed by atoms with Gasteiger partial charge < -0.3 is 24.2 Å². The van der Waals surface area contributed by atoms with Crippen molar-refractivity contribution in [1.29, 1.82) is 0 Å². The lowest BCUT2D eigenvalue weighted by Gasteiger charge is -2.22. The number of carbonyl (C=O) groups is 1. The summed E-state index contributed by atoms with van der Waals surface area (Å²) in [4.78, 5) is 20.4. The molecule has 0 saturated heterocycles. The normalized spacial score (nSPS) is 10.7. The summed E-state index contributed by atoms with van der Waals surface area (Å²) in [6.45, 7) is 1.28. The van der Waals surface area contributed by atoms with E-state index in [0.29, 0.717) is 24.4 Å². The van der Waals surface area contributed by atoms with Crippen molar-refractivity contribution in [3.05, 3.63) is 108 Å². The van der Waals surface area contributed by atoms with E-state index in [2.05, 4.69) is 17.0 Å². The highest BCUT2D eigenvalue weighted by atomic mass is 32.1. The Morgan fingerprint density at radius 3 is 2.00 bits per heavy atom. The summed E-state index contributed by atoms with van der Waals surface area (Å²) in [6, 6.07) is 28.5. The highest BCUT2D eigenvalue weighted by Crippen LogP contribution is 2.43. The zero-order chi connectivity index (χ0) is 29.5. The number of benzene rings is 4. The topological polar surface area (TPSA) is 81.1 Å². The van der Waals surface area contributed by atoms with E-state index in [4.69, 9.17) is 19.2 Å². The molecule has 0 amide bonds. The van der Waals surface area contributed by atoms with Crippen molar-refractivity contribution < 1.29 is 24.1 Å². The number of aldehydes is 1. The van der Waals surface area contributed by atoms with Crippen LogP contribution in [-0.4, -0.2) is 44.3 Å². The number of thiazole rings is 1. The van der Waals surface area contributed by atoms with Crippen LogP contribution in [0.2, 0.25) is 0 Å². The predicted octanol–water partition coefficient (Wildman–Crippen LogP) is 7.27. The van der Waals surface area contributed by atoms with Gasteiger partial charge in [0.2, 0.25) is 0 Å². The van der Waals surface area contributed by atoms with Crippen molar-refractivity contribution in [2.75, 3.05) is 32.8 Å². The number of nitrogens with zero attached hydrogens (tertiary/aromatic N) is 2. The number of carbonyl (C=O) groups excluding carboxylic acids is 1. The second-order valence-corrected chi connectivity index (χ2v) is 10.6. The van der Waals surface area contributed by atoms with Gasteiger partial charge >= 0.3 is 0 Å². The Bertz CT molecular complexity index is 1630. The first-order valence-corrected chi connectivity index (χ1v) is 14.3. The molecule has 0 atom stereocenters. The molecule has 0 fully saturated rings. The van der Waals surface area contributed by atoms with Crippen LogP contribution in [0.1, 0.15) is 21.5 Å². The largest absolute Gasteiger partial charge is 0.508 e. The number of phenolic OH excluding ortho intramolecular Hbond substituents is 1. The van der Waals surface area contributed by atoms with Gasteiger partial charge in [0.1, 0.15) is 23.0 Å². The molecular formula is C34H32N2O5S. The Labute approximate surface area is 249 Å². The third kappa shape index (κ3) is 6.56. The SMILES string of the molecule is COc1ccc(CCN(Cc2ccc(O)cc2)c2nc(-c3ccc(OC)cc3)c(-c3cc(OC)ccc3C=O)s2)cc1. The van der Waals surface area contributed by atoms with E-state index < -0.39 is 0 Å².